The van der Waals surface area contributed by atoms with E-state index in [1.807, 2.05) is 0 Å². The summed E-state index contributed by atoms with van der Waals surface area (Å²) in [5, 5.41) is 8.82. The summed E-state index contributed by atoms with van der Waals surface area (Å²) in [6, 6.07) is 6.09. The van der Waals surface area contributed by atoms with Gasteiger partial charge in [0.2, 0.25) is 0 Å². The second-order valence-corrected chi connectivity index (χ2v) is 4.62. The van der Waals surface area contributed by atoms with Crippen molar-refractivity contribution in [3.8, 4) is 0 Å². The molecule has 0 saturated carbocycles. The SMILES string of the molecule is CC(C)OC(=O)OCc1ccccc1CC(N)C(=O)O.Cl. The van der Waals surface area contributed by atoms with Crippen LogP contribution in [-0.2, 0) is 27.3 Å². The van der Waals surface area contributed by atoms with E-state index in [1.165, 1.54) is 0 Å². The number of halogens is 1. The average Bonchev–Trinajstić information content (AvgIpc) is 2.36. The van der Waals surface area contributed by atoms with E-state index in [9.17, 15) is 9.59 Å². The first kappa shape index (κ1) is 19.2. The minimum atomic E-state index is -1.07. The molecule has 0 aliphatic rings. The third kappa shape index (κ3) is 6.97. The summed E-state index contributed by atoms with van der Waals surface area (Å²) in [5.41, 5.74) is 6.96. The number of hydrogen-bond acceptors (Lipinski definition) is 5. The molecule has 0 saturated heterocycles. The van der Waals surface area contributed by atoms with Gasteiger partial charge in [-0.05, 0) is 31.4 Å². The van der Waals surface area contributed by atoms with Gasteiger partial charge in [-0.2, -0.15) is 0 Å². The molecular weight excluding hydrogens is 298 g/mol. The monoisotopic (exact) mass is 317 g/mol. The smallest absolute Gasteiger partial charge is 0.480 e. The minimum absolute atomic E-state index is 0. The summed E-state index contributed by atoms with van der Waals surface area (Å²) in [5.74, 6) is -1.07. The quantitative estimate of drug-likeness (QED) is 0.780. The molecule has 1 aromatic carbocycles. The Morgan fingerprint density at radius 1 is 1.24 bits per heavy atom. The molecule has 1 atom stereocenters. The van der Waals surface area contributed by atoms with Crippen LogP contribution in [0.1, 0.15) is 25.0 Å². The first-order valence-electron chi connectivity index (χ1n) is 6.28. The highest BCUT2D eigenvalue weighted by Gasteiger charge is 2.15. The summed E-state index contributed by atoms with van der Waals surface area (Å²) in [6.45, 7) is 3.47. The van der Waals surface area contributed by atoms with Crippen molar-refractivity contribution in [1.82, 2.24) is 0 Å². The van der Waals surface area contributed by atoms with Crippen molar-refractivity contribution in [2.24, 2.45) is 5.73 Å². The molecule has 0 radical (unpaired) electrons. The summed E-state index contributed by atoms with van der Waals surface area (Å²) in [7, 11) is 0. The number of nitrogens with two attached hydrogens (primary N) is 1. The molecule has 1 rings (SSSR count). The highest BCUT2D eigenvalue weighted by atomic mass is 35.5. The van der Waals surface area contributed by atoms with Crippen LogP contribution in [0.25, 0.3) is 0 Å². The lowest BCUT2D eigenvalue weighted by molar-refractivity contribution is -0.138. The van der Waals surface area contributed by atoms with Gasteiger partial charge in [0.15, 0.2) is 0 Å². The maximum Gasteiger partial charge on any atom is 0.508 e. The standard InChI is InChI=1S/C14H19NO5.ClH/c1-9(2)20-14(18)19-8-11-6-4-3-5-10(11)7-12(15)13(16)17;/h3-6,9,12H,7-8,15H2,1-2H3,(H,16,17);1H. The minimum Gasteiger partial charge on any atom is -0.480 e. The van der Waals surface area contributed by atoms with E-state index in [2.05, 4.69) is 0 Å². The second-order valence-electron chi connectivity index (χ2n) is 4.62. The molecule has 0 aliphatic heterocycles. The number of carboxylic acid groups (broad SMARTS) is 1. The van der Waals surface area contributed by atoms with Crippen molar-refractivity contribution >= 4 is 24.5 Å². The van der Waals surface area contributed by atoms with E-state index < -0.39 is 18.2 Å². The van der Waals surface area contributed by atoms with Crippen LogP contribution >= 0.6 is 12.4 Å². The molecule has 0 heterocycles. The third-order valence-corrected chi connectivity index (χ3v) is 2.55. The normalized spacial score (nSPS) is 11.4. The predicted octanol–water partition coefficient (Wildman–Crippen LogP) is 2.12. The van der Waals surface area contributed by atoms with E-state index in [1.54, 1.807) is 38.1 Å². The van der Waals surface area contributed by atoms with Crippen LogP contribution in [0, 0.1) is 0 Å². The van der Waals surface area contributed by atoms with Gasteiger partial charge in [-0.25, -0.2) is 4.79 Å². The maximum absolute atomic E-state index is 11.3. The van der Waals surface area contributed by atoms with Gasteiger partial charge in [-0.3, -0.25) is 4.79 Å². The largest absolute Gasteiger partial charge is 0.508 e. The topological polar surface area (TPSA) is 98.9 Å². The molecule has 6 nitrogen and oxygen atoms in total. The number of carboxylic acids is 1. The van der Waals surface area contributed by atoms with Crippen LogP contribution < -0.4 is 5.73 Å². The lowest BCUT2D eigenvalue weighted by Gasteiger charge is -2.13. The predicted molar refractivity (Wildman–Crippen MR) is 79.4 cm³/mol. The van der Waals surface area contributed by atoms with Crippen molar-refractivity contribution in [3.05, 3.63) is 35.4 Å². The first-order valence-corrected chi connectivity index (χ1v) is 6.28. The Morgan fingerprint density at radius 3 is 2.33 bits per heavy atom. The van der Waals surface area contributed by atoms with Gasteiger partial charge in [-0.15, -0.1) is 12.4 Å². The van der Waals surface area contributed by atoms with Gasteiger partial charge in [0.1, 0.15) is 12.6 Å². The van der Waals surface area contributed by atoms with E-state index in [0.29, 0.717) is 5.56 Å². The molecule has 21 heavy (non-hydrogen) atoms. The molecular formula is C14H20ClNO5. The van der Waals surface area contributed by atoms with Crippen molar-refractivity contribution in [2.45, 2.75) is 39.0 Å². The lowest BCUT2D eigenvalue weighted by Crippen LogP contribution is -2.32. The fourth-order valence-corrected chi connectivity index (χ4v) is 1.58. The van der Waals surface area contributed by atoms with Gasteiger partial charge in [-0.1, -0.05) is 24.3 Å². The Labute approximate surface area is 129 Å². The Balaban J connectivity index is 0.00000400. The zero-order valence-electron chi connectivity index (χ0n) is 11.9. The molecule has 0 fully saturated rings. The fourth-order valence-electron chi connectivity index (χ4n) is 1.58. The summed E-state index contributed by atoms with van der Waals surface area (Å²) >= 11 is 0. The number of carbonyl (C=O) groups is 2. The number of rotatable bonds is 6. The van der Waals surface area contributed by atoms with Gasteiger partial charge in [0.25, 0.3) is 0 Å². The fraction of sp³-hybridized carbons (Fsp3) is 0.429. The number of hydrogen-bond donors (Lipinski definition) is 2. The van der Waals surface area contributed by atoms with Crippen molar-refractivity contribution in [1.29, 1.82) is 0 Å². The lowest BCUT2D eigenvalue weighted by atomic mass is 10.0. The van der Waals surface area contributed by atoms with Gasteiger partial charge < -0.3 is 20.3 Å². The van der Waals surface area contributed by atoms with Crippen molar-refractivity contribution < 1.29 is 24.2 Å². The molecule has 0 aromatic heterocycles. The molecule has 7 heteroatoms. The Bertz CT molecular complexity index is 478. The highest BCUT2D eigenvalue weighted by molar-refractivity contribution is 5.85. The van der Waals surface area contributed by atoms with E-state index >= 15 is 0 Å². The van der Waals surface area contributed by atoms with Crippen LogP contribution in [0.3, 0.4) is 0 Å². The molecule has 0 amide bonds. The number of ether oxygens (including phenoxy) is 2. The molecule has 3 N–H and O–H groups in total. The van der Waals surface area contributed by atoms with Gasteiger partial charge in [0.05, 0.1) is 6.10 Å². The Kier molecular flexibility index (Phi) is 8.42. The number of carbonyl (C=O) groups excluding carboxylic acids is 1. The average molecular weight is 318 g/mol. The molecule has 0 bridgehead atoms. The molecule has 0 spiro atoms. The van der Waals surface area contributed by atoms with E-state index in [4.69, 9.17) is 20.3 Å². The summed E-state index contributed by atoms with van der Waals surface area (Å²) < 4.78 is 9.82. The second kappa shape index (κ2) is 9.20. The zero-order valence-corrected chi connectivity index (χ0v) is 12.8. The summed E-state index contributed by atoms with van der Waals surface area (Å²) in [6.07, 6.45) is -0.829. The van der Waals surface area contributed by atoms with Gasteiger partial charge >= 0.3 is 12.1 Å². The highest BCUT2D eigenvalue weighted by Crippen LogP contribution is 2.13. The van der Waals surface area contributed by atoms with E-state index in [-0.39, 0.29) is 31.5 Å². The molecule has 118 valence electrons. The van der Waals surface area contributed by atoms with Crippen LogP contribution in [0.2, 0.25) is 0 Å². The Hall–Kier alpha value is -1.79. The molecule has 0 aliphatic carbocycles. The maximum atomic E-state index is 11.3. The zero-order chi connectivity index (χ0) is 15.1. The third-order valence-electron chi connectivity index (χ3n) is 2.55. The number of aliphatic carboxylic acids is 1. The van der Waals surface area contributed by atoms with Gasteiger partial charge in [0, 0.05) is 0 Å². The van der Waals surface area contributed by atoms with Crippen molar-refractivity contribution in [3.63, 3.8) is 0 Å². The number of benzene rings is 1. The summed E-state index contributed by atoms with van der Waals surface area (Å²) in [4.78, 5) is 22.1. The van der Waals surface area contributed by atoms with Crippen molar-refractivity contribution in [2.75, 3.05) is 0 Å². The first-order chi connectivity index (χ1) is 9.40. The van der Waals surface area contributed by atoms with Crippen LogP contribution in [0.4, 0.5) is 4.79 Å². The molecule has 1 unspecified atom stereocenters. The van der Waals surface area contributed by atoms with Crippen LogP contribution in [-0.4, -0.2) is 29.4 Å². The van der Waals surface area contributed by atoms with Crippen LogP contribution in [0.5, 0.6) is 0 Å². The Morgan fingerprint density at radius 2 is 1.81 bits per heavy atom. The molecule has 1 aromatic rings. The van der Waals surface area contributed by atoms with Crippen LogP contribution in [0.15, 0.2) is 24.3 Å². The van der Waals surface area contributed by atoms with E-state index in [0.717, 1.165) is 5.56 Å².